The van der Waals surface area contributed by atoms with Gasteiger partial charge in [0.05, 0.1) is 0 Å². The van der Waals surface area contributed by atoms with Gasteiger partial charge in [0, 0.05) is 36.3 Å². The van der Waals surface area contributed by atoms with E-state index >= 15 is 0 Å². The summed E-state index contributed by atoms with van der Waals surface area (Å²) in [7, 11) is 0. The van der Waals surface area contributed by atoms with Gasteiger partial charge in [0.25, 0.3) is 0 Å². The van der Waals surface area contributed by atoms with Gasteiger partial charge in [-0.05, 0) is 80.3 Å². The van der Waals surface area contributed by atoms with Gasteiger partial charge in [-0.3, -0.25) is 0 Å². The van der Waals surface area contributed by atoms with Crippen molar-refractivity contribution in [3.63, 3.8) is 0 Å². The number of aryl methyl sites for hydroxylation is 2. The smallest absolute Gasteiger partial charge is 0.229 e. The topological polar surface area (TPSA) is 53.1 Å². The van der Waals surface area contributed by atoms with Crippen LogP contribution in [0.1, 0.15) is 24.0 Å². The molecule has 1 aliphatic heterocycles. The molecule has 0 unspecified atom stereocenters. The van der Waals surface area contributed by atoms with Gasteiger partial charge in [0.15, 0.2) is 0 Å². The molecule has 0 aliphatic carbocycles. The third kappa shape index (κ3) is 4.19. The summed E-state index contributed by atoms with van der Waals surface area (Å²) in [6.45, 7) is 6.53. The van der Waals surface area contributed by atoms with Gasteiger partial charge >= 0.3 is 0 Å². The maximum Gasteiger partial charge on any atom is 0.229 e. The van der Waals surface area contributed by atoms with Crippen LogP contribution in [0.4, 0.5) is 28.8 Å². The Hall–Kier alpha value is -3.08. The molecule has 0 bridgehead atoms. The van der Waals surface area contributed by atoms with Crippen molar-refractivity contribution in [2.45, 2.75) is 26.7 Å². The van der Waals surface area contributed by atoms with E-state index in [1.807, 2.05) is 12.1 Å². The lowest BCUT2D eigenvalue weighted by molar-refractivity contribution is 0.949. The Kier molecular flexibility index (Phi) is 4.92. The van der Waals surface area contributed by atoms with Crippen LogP contribution in [-0.2, 0) is 0 Å². The highest BCUT2D eigenvalue weighted by Gasteiger charge is 2.11. The lowest BCUT2D eigenvalue weighted by Crippen LogP contribution is -2.17. The maximum atomic E-state index is 4.57. The standard InChI is InChI=1S/C22H25N5/c1-16-5-6-19(15-17(16)2)25-22-23-12-11-21(26-22)24-18-7-9-20(10-8-18)27-13-3-4-14-27/h5-12,15H,3-4,13-14H2,1-2H3,(H2,23,24,25,26). The molecule has 1 fully saturated rings. The second-order valence-electron chi connectivity index (χ2n) is 7.06. The minimum absolute atomic E-state index is 0.580. The Morgan fingerprint density at radius 2 is 1.56 bits per heavy atom. The molecule has 2 aromatic carbocycles. The number of anilines is 5. The van der Waals surface area contributed by atoms with Crippen molar-refractivity contribution in [1.82, 2.24) is 9.97 Å². The molecule has 0 radical (unpaired) electrons. The van der Waals surface area contributed by atoms with Gasteiger partial charge in [-0.25, -0.2) is 4.98 Å². The van der Waals surface area contributed by atoms with Crippen LogP contribution in [0.5, 0.6) is 0 Å². The zero-order valence-electron chi connectivity index (χ0n) is 15.9. The fourth-order valence-electron chi connectivity index (χ4n) is 3.32. The molecule has 2 heterocycles. The Labute approximate surface area is 160 Å². The predicted octanol–water partition coefficient (Wildman–Crippen LogP) is 5.18. The number of benzene rings is 2. The van der Waals surface area contributed by atoms with Crippen LogP contribution in [0.3, 0.4) is 0 Å². The first-order chi connectivity index (χ1) is 13.2. The van der Waals surface area contributed by atoms with Gasteiger partial charge in [0.1, 0.15) is 5.82 Å². The molecule has 1 aromatic heterocycles. The minimum Gasteiger partial charge on any atom is -0.372 e. The average molecular weight is 359 g/mol. The molecule has 138 valence electrons. The number of nitrogens with one attached hydrogen (secondary N) is 2. The summed E-state index contributed by atoms with van der Waals surface area (Å²) >= 11 is 0. The quantitative estimate of drug-likeness (QED) is 0.657. The molecule has 0 amide bonds. The summed E-state index contributed by atoms with van der Waals surface area (Å²) in [5.74, 6) is 1.35. The molecule has 1 aliphatic rings. The second kappa shape index (κ2) is 7.66. The lowest BCUT2D eigenvalue weighted by atomic mass is 10.1. The van der Waals surface area contributed by atoms with Crippen molar-refractivity contribution in [1.29, 1.82) is 0 Å². The van der Waals surface area contributed by atoms with E-state index in [4.69, 9.17) is 0 Å². The minimum atomic E-state index is 0.580. The number of aromatic nitrogens is 2. The maximum absolute atomic E-state index is 4.57. The van der Waals surface area contributed by atoms with Gasteiger partial charge < -0.3 is 15.5 Å². The van der Waals surface area contributed by atoms with Crippen LogP contribution in [0.15, 0.2) is 54.7 Å². The first kappa shape index (κ1) is 17.3. The Morgan fingerprint density at radius 1 is 0.815 bits per heavy atom. The van der Waals surface area contributed by atoms with Gasteiger partial charge in [-0.15, -0.1) is 0 Å². The van der Waals surface area contributed by atoms with E-state index < -0.39 is 0 Å². The molecule has 0 saturated carbocycles. The second-order valence-corrected chi connectivity index (χ2v) is 7.06. The van der Waals surface area contributed by atoms with Crippen LogP contribution < -0.4 is 15.5 Å². The fraction of sp³-hybridized carbons (Fsp3) is 0.273. The fourth-order valence-corrected chi connectivity index (χ4v) is 3.32. The van der Waals surface area contributed by atoms with E-state index in [-0.39, 0.29) is 0 Å². The molecule has 27 heavy (non-hydrogen) atoms. The molecule has 3 aromatic rings. The third-order valence-electron chi connectivity index (χ3n) is 5.03. The highest BCUT2D eigenvalue weighted by Crippen LogP contribution is 2.24. The van der Waals surface area contributed by atoms with Crippen LogP contribution in [-0.4, -0.2) is 23.1 Å². The normalized spacial score (nSPS) is 13.6. The van der Waals surface area contributed by atoms with E-state index in [0.29, 0.717) is 5.95 Å². The summed E-state index contributed by atoms with van der Waals surface area (Å²) < 4.78 is 0. The van der Waals surface area contributed by atoms with Crippen molar-refractivity contribution in [2.24, 2.45) is 0 Å². The number of rotatable bonds is 5. The predicted molar refractivity (Wildman–Crippen MR) is 112 cm³/mol. The van der Waals surface area contributed by atoms with Crippen molar-refractivity contribution < 1.29 is 0 Å². The van der Waals surface area contributed by atoms with Crippen molar-refractivity contribution >= 4 is 28.8 Å². The first-order valence-corrected chi connectivity index (χ1v) is 9.47. The van der Waals surface area contributed by atoms with E-state index in [1.165, 1.54) is 29.7 Å². The van der Waals surface area contributed by atoms with Crippen LogP contribution in [0.25, 0.3) is 0 Å². The molecular weight excluding hydrogens is 334 g/mol. The van der Waals surface area contributed by atoms with Gasteiger partial charge in [0.2, 0.25) is 5.95 Å². The van der Waals surface area contributed by atoms with E-state index in [9.17, 15) is 0 Å². The summed E-state index contributed by atoms with van der Waals surface area (Å²) in [4.78, 5) is 11.3. The Balaban J connectivity index is 1.45. The zero-order chi connectivity index (χ0) is 18.6. The molecule has 2 N–H and O–H groups in total. The summed E-state index contributed by atoms with van der Waals surface area (Å²) in [6, 6.07) is 16.7. The van der Waals surface area contributed by atoms with E-state index in [0.717, 1.165) is 30.3 Å². The number of hydrogen-bond acceptors (Lipinski definition) is 5. The molecule has 0 atom stereocenters. The zero-order valence-corrected chi connectivity index (χ0v) is 15.9. The van der Waals surface area contributed by atoms with Crippen LogP contribution >= 0.6 is 0 Å². The summed E-state index contributed by atoms with van der Waals surface area (Å²) in [5.41, 5.74) is 5.82. The number of hydrogen-bond donors (Lipinski definition) is 2. The molecule has 4 rings (SSSR count). The molecular formula is C22H25N5. The first-order valence-electron chi connectivity index (χ1n) is 9.47. The van der Waals surface area contributed by atoms with Crippen molar-refractivity contribution in [3.8, 4) is 0 Å². The molecule has 0 spiro atoms. The monoisotopic (exact) mass is 359 g/mol. The van der Waals surface area contributed by atoms with Gasteiger partial charge in [-0.2, -0.15) is 4.98 Å². The highest BCUT2D eigenvalue weighted by atomic mass is 15.1. The van der Waals surface area contributed by atoms with Crippen molar-refractivity contribution in [2.75, 3.05) is 28.6 Å². The van der Waals surface area contributed by atoms with E-state index in [2.05, 4.69) is 75.7 Å². The van der Waals surface area contributed by atoms with E-state index in [1.54, 1.807) is 6.20 Å². The largest absolute Gasteiger partial charge is 0.372 e. The SMILES string of the molecule is Cc1ccc(Nc2nccc(Nc3ccc(N4CCCC4)cc3)n2)cc1C. The summed E-state index contributed by atoms with van der Waals surface area (Å²) in [5, 5.41) is 6.63. The average Bonchev–Trinajstić information content (AvgIpc) is 3.21. The molecule has 5 heteroatoms. The summed E-state index contributed by atoms with van der Waals surface area (Å²) in [6.07, 6.45) is 4.34. The highest BCUT2D eigenvalue weighted by molar-refractivity contribution is 5.62. The Morgan fingerprint density at radius 3 is 2.30 bits per heavy atom. The lowest BCUT2D eigenvalue weighted by Gasteiger charge is -2.18. The van der Waals surface area contributed by atoms with Crippen LogP contribution in [0.2, 0.25) is 0 Å². The van der Waals surface area contributed by atoms with Gasteiger partial charge in [-0.1, -0.05) is 6.07 Å². The molecule has 5 nitrogen and oxygen atoms in total. The van der Waals surface area contributed by atoms with Crippen molar-refractivity contribution in [3.05, 3.63) is 65.9 Å². The third-order valence-corrected chi connectivity index (χ3v) is 5.03. The molecule has 1 saturated heterocycles. The Bertz CT molecular complexity index is 914. The van der Waals surface area contributed by atoms with Crippen LogP contribution in [0, 0.1) is 13.8 Å². The number of nitrogens with zero attached hydrogens (tertiary/aromatic N) is 3.